The van der Waals surface area contributed by atoms with Gasteiger partial charge in [0.1, 0.15) is 5.82 Å². The summed E-state index contributed by atoms with van der Waals surface area (Å²) in [7, 11) is 0. The lowest BCUT2D eigenvalue weighted by Gasteiger charge is -2.25. The lowest BCUT2D eigenvalue weighted by molar-refractivity contribution is 0.759. The number of nitrogens with zero attached hydrogens (tertiary/aromatic N) is 6. The fourth-order valence-corrected chi connectivity index (χ4v) is 14.6. The number of hydrogen-bond donors (Lipinski definition) is 0. The highest BCUT2D eigenvalue weighted by molar-refractivity contribution is 6.14. The molecule has 414 valence electrons. The summed E-state index contributed by atoms with van der Waals surface area (Å²) in [5, 5.41) is 9.53. The lowest BCUT2D eigenvalue weighted by atomic mass is 9.81. The molecule has 0 aliphatic heterocycles. The van der Waals surface area contributed by atoms with Gasteiger partial charge in [0, 0.05) is 66.4 Å². The molecule has 2 aliphatic rings. The second-order valence-corrected chi connectivity index (χ2v) is 23.5. The van der Waals surface area contributed by atoms with Crippen LogP contribution in [0.2, 0.25) is 0 Å². The van der Waals surface area contributed by atoms with Gasteiger partial charge >= 0.3 is 0 Å². The summed E-state index contributed by atoms with van der Waals surface area (Å²) in [6, 6.07) is 97.5. The Balaban J connectivity index is 0.841. The van der Waals surface area contributed by atoms with Crippen molar-refractivity contribution in [3.63, 3.8) is 0 Å². The summed E-state index contributed by atoms with van der Waals surface area (Å²) in [4.78, 5) is 11.6. The van der Waals surface area contributed by atoms with Crippen molar-refractivity contribution in [2.45, 2.75) is 25.2 Å². The summed E-state index contributed by atoms with van der Waals surface area (Å²) in [6.45, 7) is 0. The average Bonchev–Trinajstić information content (AvgIpc) is 1.95. The summed E-state index contributed by atoms with van der Waals surface area (Å²) in [5.41, 5.74) is 22.2. The fourth-order valence-electron chi connectivity index (χ4n) is 14.6. The van der Waals surface area contributed by atoms with Gasteiger partial charge in [0.2, 0.25) is 5.95 Å². The first-order valence-electron chi connectivity index (χ1n) is 30.6. The average molecular weight is 1130 g/mol. The molecule has 0 amide bonds. The minimum atomic E-state index is -0.0299. The first-order chi connectivity index (χ1) is 43.6. The molecule has 18 rings (SSSR count). The van der Waals surface area contributed by atoms with Crippen LogP contribution < -0.4 is 0 Å². The van der Waals surface area contributed by atoms with Crippen molar-refractivity contribution in [1.82, 2.24) is 28.2 Å². The Labute approximate surface area is 508 Å². The van der Waals surface area contributed by atoms with Crippen LogP contribution in [-0.2, 0) is 0 Å². The quantitative estimate of drug-likeness (QED) is 0.145. The smallest absolute Gasteiger partial charge is 0.236 e. The van der Waals surface area contributed by atoms with E-state index >= 15 is 0 Å². The Hall–Kier alpha value is -11.3. The predicted octanol–water partition coefficient (Wildman–Crippen LogP) is 21.0. The topological polar surface area (TPSA) is 45.5 Å². The SMILES string of the molecule is C1=CC(c2cc(-n3c4ccccc4c4ccc(-c5ccc6c(c5)c5ccccc5n6-c5ccccc5)cc43)nc(-n3c4ccccc4c4ccc(-c5ccc6c(c5)c5ccccc5n6-c5ccccc5)cc43)n2)CC(C2=C(c3ccccc3)C=CCC2)=C1. The van der Waals surface area contributed by atoms with E-state index < -0.39 is 0 Å². The summed E-state index contributed by atoms with van der Waals surface area (Å²) >= 11 is 0. The fraction of sp³-hybridized carbons (Fsp3) is 0.0488. The molecule has 11 aromatic carbocycles. The molecule has 16 aromatic rings. The Kier molecular flexibility index (Phi) is 11.5. The van der Waals surface area contributed by atoms with Gasteiger partial charge in [0.05, 0.1) is 49.8 Å². The molecule has 6 heteroatoms. The third-order valence-corrected chi connectivity index (χ3v) is 18.6. The molecule has 2 aliphatic carbocycles. The molecular weight excluding hydrogens is 1070 g/mol. The predicted molar refractivity (Wildman–Crippen MR) is 367 cm³/mol. The van der Waals surface area contributed by atoms with Crippen molar-refractivity contribution < 1.29 is 0 Å². The summed E-state index contributed by atoms with van der Waals surface area (Å²) in [5.74, 6) is 1.42. The van der Waals surface area contributed by atoms with E-state index in [2.05, 4.69) is 316 Å². The summed E-state index contributed by atoms with van der Waals surface area (Å²) in [6.07, 6.45) is 14.4. The lowest BCUT2D eigenvalue weighted by Crippen LogP contribution is -2.12. The van der Waals surface area contributed by atoms with Crippen LogP contribution in [0, 0.1) is 0 Å². The number of hydrogen-bond acceptors (Lipinski definition) is 2. The van der Waals surface area contributed by atoms with E-state index in [0.29, 0.717) is 5.95 Å². The van der Waals surface area contributed by atoms with Gasteiger partial charge in [0.15, 0.2) is 0 Å². The van der Waals surface area contributed by atoms with Crippen LogP contribution in [0.1, 0.15) is 36.4 Å². The second-order valence-electron chi connectivity index (χ2n) is 23.5. The van der Waals surface area contributed by atoms with Crippen molar-refractivity contribution in [2.24, 2.45) is 0 Å². The molecule has 5 aromatic heterocycles. The molecule has 1 unspecified atom stereocenters. The maximum Gasteiger partial charge on any atom is 0.236 e. The van der Waals surface area contributed by atoms with Crippen LogP contribution in [0.4, 0.5) is 0 Å². The number of fused-ring (bicyclic) bond motifs is 12. The largest absolute Gasteiger partial charge is 0.309 e. The van der Waals surface area contributed by atoms with E-state index in [4.69, 9.17) is 9.97 Å². The normalized spacial score (nSPS) is 14.5. The molecule has 0 radical (unpaired) electrons. The zero-order valence-electron chi connectivity index (χ0n) is 48.2. The van der Waals surface area contributed by atoms with Gasteiger partial charge < -0.3 is 9.13 Å². The first kappa shape index (κ1) is 50.0. The highest BCUT2D eigenvalue weighted by Gasteiger charge is 2.26. The Morgan fingerprint density at radius 3 is 1.35 bits per heavy atom. The van der Waals surface area contributed by atoms with Crippen molar-refractivity contribution in [3.8, 4) is 45.4 Å². The van der Waals surface area contributed by atoms with E-state index in [9.17, 15) is 0 Å². The van der Waals surface area contributed by atoms with Crippen LogP contribution in [0.3, 0.4) is 0 Å². The monoisotopic (exact) mass is 1120 g/mol. The Bertz CT molecular complexity index is 5350. The van der Waals surface area contributed by atoms with E-state index in [0.717, 1.165) is 97.2 Å². The van der Waals surface area contributed by atoms with E-state index in [1.807, 2.05) is 0 Å². The molecule has 6 nitrogen and oxygen atoms in total. The van der Waals surface area contributed by atoms with Crippen molar-refractivity contribution in [3.05, 3.63) is 320 Å². The van der Waals surface area contributed by atoms with E-state index in [1.165, 1.54) is 76.7 Å². The van der Waals surface area contributed by atoms with Gasteiger partial charge in [-0.2, -0.15) is 4.98 Å². The van der Waals surface area contributed by atoms with Crippen molar-refractivity contribution in [2.75, 3.05) is 0 Å². The van der Waals surface area contributed by atoms with Crippen LogP contribution in [0.5, 0.6) is 0 Å². The third-order valence-electron chi connectivity index (χ3n) is 18.6. The minimum absolute atomic E-state index is 0.0299. The van der Waals surface area contributed by atoms with Crippen LogP contribution >= 0.6 is 0 Å². The van der Waals surface area contributed by atoms with Gasteiger partial charge in [-0.25, -0.2) is 4.98 Å². The molecule has 0 bridgehead atoms. The van der Waals surface area contributed by atoms with Crippen LogP contribution in [0.25, 0.3) is 138 Å². The molecular formula is C82H56N6. The van der Waals surface area contributed by atoms with Crippen molar-refractivity contribution >= 4 is 92.8 Å². The zero-order valence-corrected chi connectivity index (χ0v) is 48.2. The maximum atomic E-state index is 5.84. The molecule has 0 N–H and O–H groups in total. The van der Waals surface area contributed by atoms with E-state index in [-0.39, 0.29) is 5.92 Å². The number of para-hydroxylation sites is 6. The minimum Gasteiger partial charge on any atom is -0.309 e. The number of aromatic nitrogens is 6. The summed E-state index contributed by atoms with van der Waals surface area (Å²) < 4.78 is 9.49. The Morgan fingerprint density at radius 1 is 0.341 bits per heavy atom. The first-order valence-corrected chi connectivity index (χ1v) is 30.6. The third kappa shape index (κ3) is 7.96. The standard InChI is InChI=1S/C82H56N6/c1-4-21-53(22-5-1)62-29-10-11-30-63(62)58-23-20-24-59(47-58)72-52-81(87-75-37-18-12-31-64(75)68-43-39-56(50-79(68)87)54-41-45-77-70(48-54)66-33-14-16-35-73(66)85(77)60-25-6-2-7-26-60)84-82(83-72)88-76-38-19-13-32-65(76)69-44-40-57(51-80(69)88)55-42-46-78-71(49-55)67-34-15-17-36-74(67)86(78)61-27-8-3-9-28-61/h1-10,12-29,31-46,48-52,59H,11,30,47H2. The zero-order chi connectivity index (χ0) is 57.8. The second kappa shape index (κ2) is 20.2. The maximum absolute atomic E-state index is 5.84. The van der Waals surface area contributed by atoms with Gasteiger partial charge in [-0.15, -0.1) is 0 Å². The van der Waals surface area contributed by atoms with Gasteiger partial charge in [0.25, 0.3) is 0 Å². The molecule has 0 saturated carbocycles. The molecule has 0 fully saturated rings. The Morgan fingerprint density at radius 2 is 0.784 bits per heavy atom. The highest BCUT2D eigenvalue weighted by Crippen LogP contribution is 2.44. The van der Waals surface area contributed by atoms with E-state index in [1.54, 1.807) is 0 Å². The van der Waals surface area contributed by atoms with Crippen LogP contribution in [0.15, 0.2) is 308 Å². The van der Waals surface area contributed by atoms with Crippen LogP contribution in [-0.4, -0.2) is 28.2 Å². The molecule has 0 spiro atoms. The number of benzene rings is 11. The molecule has 0 saturated heterocycles. The number of rotatable bonds is 9. The molecule has 5 heterocycles. The number of allylic oxidation sites excluding steroid dienone is 8. The van der Waals surface area contributed by atoms with Gasteiger partial charge in [-0.3, -0.25) is 9.13 Å². The van der Waals surface area contributed by atoms with Gasteiger partial charge in [-0.05, 0) is 149 Å². The molecule has 88 heavy (non-hydrogen) atoms. The molecule has 1 atom stereocenters. The van der Waals surface area contributed by atoms with Crippen molar-refractivity contribution in [1.29, 1.82) is 0 Å². The van der Waals surface area contributed by atoms with Gasteiger partial charge in [-0.1, -0.05) is 206 Å². The highest BCUT2D eigenvalue weighted by atomic mass is 15.2.